The lowest BCUT2D eigenvalue weighted by Crippen LogP contribution is -2.17. The molecule has 1 unspecified atom stereocenters. The van der Waals surface area contributed by atoms with E-state index in [1.807, 2.05) is 30.3 Å². The average Bonchev–Trinajstić information content (AvgIpc) is 2.97. The van der Waals surface area contributed by atoms with Crippen LogP contribution >= 0.6 is 0 Å². The van der Waals surface area contributed by atoms with Gasteiger partial charge in [-0.3, -0.25) is 0 Å². The highest BCUT2D eigenvalue weighted by atomic mass is 16.5. The Morgan fingerprint density at radius 3 is 2.90 bits per heavy atom. The summed E-state index contributed by atoms with van der Waals surface area (Å²) in [5.41, 5.74) is 2.05. The second-order valence-electron chi connectivity index (χ2n) is 5.00. The zero-order valence-corrected chi connectivity index (χ0v) is 12.2. The van der Waals surface area contributed by atoms with Crippen LogP contribution in [-0.2, 0) is 6.54 Å². The Kier molecular flexibility index (Phi) is 3.88. The fourth-order valence-electron chi connectivity index (χ4n) is 2.26. The van der Waals surface area contributed by atoms with Crippen LogP contribution in [0.1, 0.15) is 24.3 Å². The maximum absolute atomic E-state index is 5.86. The summed E-state index contributed by atoms with van der Waals surface area (Å²) in [5.74, 6) is 1.57. The molecule has 0 aliphatic heterocycles. The number of nitrogens with zero attached hydrogens (tertiary/aromatic N) is 1. The molecular formula is C17H18N2O2. The number of hydrogen-bond acceptors (Lipinski definition) is 4. The van der Waals surface area contributed by atoms with Gasteiger partial charge in [-0.05, 0) is 30.7 Å². The van der Waals surface area contributed by atoms with Crippen LogP contribution < -0.4 is 10.1 Å². The number of fused-ring (bicyclic) bond motifs is 1. The van der Waals surface area contributed by atoms with Crippen LogP contribution in [-0.4, -0.2) is 12.1 Å². The van der Waals surface area contributed by atoms with E-state index in [2.05, 4.69) is 29.4 Å². The number of benzene rings is 1. The molecule has 2 aromatic heterocycles. The zero-order valence-electron chi connectivity index (χ0n) is 12.2. The maximum Gasteiger partial charge on any atom is 0.213 e. The highest BCUT2D eigenvalue weighted by Gasteiger charge is 2.11. The predicted octanol–water partition coefficient (Wildman–Crippen LogP) is 3.69. The fourth-order valence-corrected chi connectivity index (χ4v) is 2.26. The molecule has 4 heteroatoms. The number of ether oxygens (including phenoxy) is 1. The zero-order chi connectivity index (χ0) is 14.7. The van der Waals surface area contributed by atoms with Gasteiger partial charge >= 0.3 is 0 Å². The maximum atomic E-state index is 5.86. The quantitative estimate of drug-likeness (QED) is 0.775. The molecule has 2 heterocycles. The van der Waals surface area contributed by atoms with Crippen molar-refractivity contribution < 1.29 is 9.15 Å². The molecule has 3 aromatic rings. The van der Waals surface area contributed by atoms with Crippen molar-refractivity contribution >= 4 is 11.0 Å². The number of pyridine rings is 1. The largest absolute Gasteiger partial charge is 0.481 e. The number of aromatic nitrogens is 1. The summed E-state index contributed by atoms with van der Waals surface area (Å²) in [6, 6.07) is 14.2. The summed E-state index contributed by atoms with van der Waals surface area (Å²) < 4.78 is 11.0. The second-order valence-corrected chi connectivity index (χ2v) is 5.00. The van der Waals surface area contributed by atoms with Crippen molar-refractivity contribution in [2.24, 2.45) is 0 Å². The molecular weight excluding hydrogens is 264 g/mol. The number of hydrogen-bond donors (Lipinski definition) is 1. The lowest BCUT2D eigenvalue weighted by molar-refractivity contribution is 0.396. The van der Waals surface area contributed by atoms with Gasteiger partial charge in [-0.25, -0.2) is 4.98 Å². The van der Waals surface area contributed by atoms with E-state index in [4.69, 9.17) is 9.15 Å². The van der Waals surface area contributed by atoms with E-state index in [1.165, 1.54) is 0 Å². The Balaban J connectivity index is 1.69. The van der Waals surface area contributed by atoms with Gasteiger partial charge in [-0.1, -0.05) is 18.2 Å². The van der Waals surface area contributed by atoms with Crippen molar-refractivity contribution in [2.45, 2.75) is 19.5 Å². The summed E-state index contributed by atoms with van der Waals surface area (Å²) in [6.45, 7) is 2.83. The molecule has 21 heavy (non-hydrogen) atoms. The number of methoxy groups -OCH3 is 1. The van der Waals surface area contributed by atoms with Crippen molar-refractivity contribution in [2.75, 3.05) is 7.11 Å². The fraction of sp³-hybridized carbons (Fsp3) is 0.235. The third-order valence-corrected chi connectivity index (χ3v) is 3.49. The number of furan rings is 1. The van der Waals surface area contributed by atoms with Crippen molar-refractivity contribution in [3.8, 4) is 5.88 Å². The number of rotatable bonds is 5. The molecule has 0 amide bonds. The lowest BCUT2D eigenvalue weighted by Gasteiger charge is -2.11. The van der Waals surface area contributed by atoms with Crippen LogP contribution in [0.2, 0.25) is 0 Å². The van der Waals surface area contributed by atoms with Crippen LogP contribution in [0.3, 0.4) is 0 Å². The van der Waals surface area contributed by atoms with Gasteiger partial charge in [-0.15, -0.1) is 0 Å². The summed E-state index contributed by atoms with van der Waals surface area (Å²) in [4.78, 5) is 4.10. The standard InChI is InChI=1S/C17H18N2O2/c1-12(16-10-14-5-3-4-6-15(14)21-16)19-11-13-7-8-18-17(9-13)20-2/h3-10,12,19H,11H2,1-2H3. The average molecular weight is 282 g/mol. The molecule has 0 saturated carbocycles. The van der Waals surface area contributed by atoms with E-state index in [9.17, 15) is 0 Å². The summed E-state index contributed by atoms with van der Waals surface area (Å²) in [6.07, 6.45) is 1.75. The molecule has 1 N–H and O–H groups in total. The van der Waals surface area contributed by atoms with Crippen LogP contribution in [0.4, 0.5) is 0 Å². The smallest absolute Gasteiger partial charge is 0.213 e. The van der Waals surface area contributed by atoms with Crippen molar-refractivity contribution in [3.63, 3.8) is 0 Å². The van der Waals surface area contributed by atoms with Gasteiger partial charge < -0.3 is 14.5 Å². The lowest BCUT2D eigenvalue weighted by atomic mass is 10.2. The second kappa shape index (κ2) is 5.97. The number of para-hydroxylation sites is 1. The van der Waals surface area contributed by atoms with E-state index >= 15 is 0 Å². The third-order valence-electron chi connectivity index (χ3n) is 3.49. The van der Waals surface area contributed by atoms with Gasteiger partial charge in [0.25, 0.3) is 0 Å². The number of nitrogens with one attached hydrogen (secondary N) is 1. The normalized spacial score (nSPS) is 12.5. The Morgan fingerprint density at radius 1 is 1.24 bits per heavy atom. The Hall–Kier alpha value is -2.33. The van der Waals surface area contributed by atoms with Crippen LogP contribution in [0.15, 0.2) is 53.1 Å². The SMILES string of the molecule is COc1cc(CNC(C)c2cc3ccccc3o2)ccn1. The third kappa shape index (κ3) is 3.06. The van der Waals surface area contributed by atoms with E-state index in [0.29, 0.717) is 5.88 Å². The Labute approximate surface area is 123 Å². The van der Waals surface area contributed by atoms with E-state index in [1.54, 1.807) is 13.3 Å². The highest BCUT2D eigenvalue weighted by molar-refractivity contribution is 5.77. The summed E-state index contributed by atoms with van der Waals surface area (Å²) in [5, 5.41) is 4.58. The molecule has 1 aromatic carbocycles. The predicted molar refractivity (Wildman–Crippen MR) is 82.3 cm³/mol. The van der Waals surface area contributed by atoms with Gasteiger partial charge in [-0.2, -0.15) is 0 Å². The molecule has 108 valence electrons. The molecule has 0 spiro atoms. The minimum absolute atomic E-state index is 0.136. The summed E-state index contributed by atoms with van der Waals surface area (Å²) in [7, 11) is 1.62. The molecule has 3 rings (SSSR count). The van der Waals surface area contributed by atoms with Gasteiger partial charge in [0.1, 0.15) is 11.3 Å². The van der Waals surface area contributed by atoms with Crippen LogP contribution in [0.5, 0.6) is 5.88 Å². The minimum Gasteiger partial charge on any atom is -0.481 e. The summed E-state index contributed by atoms with van der Waals surface area (Å²) >= 11 is 0. The molecule has 0 saturated heterocycles. The first-order valence-electron chi connectivity index (χ1n) is 6.97. The highest BCUT2D eigenvalue weighted by Crippen LogP contribution is 2.23. The molecule has 4 nitrogen and oxygen atoms in total. The Morgan fingerprint density at radius 2 is 2.10 bits per heavy atom. The molecule has 0 aliphatic rings. The van der Waals surface area contributed by atoms with E-state index < -0.39 is 0 Å². The van der Waals surface area contributed by atoms with E-state index in [-0.39, 0.29) is 6.04 Å². The van der Waals surface area contributed by atoms with Crippen molar-refractivity contribution in [1.29, 1.82) is 0 Å². The first kappa shape index (κ1) is 13.6. The van der Waals surface area contributed by atoms with Gasteiger partial charge in [0.15, 0.2) is 0 Å². The minimum atomic E-state index is 0.136. The van der Waals surface area contributed by atoms with Gasteiger partial charge in [0.2, 0.25) is 5.88 Å². The first-order valence-corrected chi connectivity index (χ1v) is 6.97. The monoisotopic (exact) mass is 282 g/mol. The molecule has 1 atom stereocenters. The molecule has 0 bridgehead atoms. The van der Waals surface area contributed by atoms with Crippen molar-refractivity contribution in [1.82, 2.24) is 10.3 Å². The Bertz CT molecular complexity index is 703. The van der Waals surface area contributed by atoms with Crippen molar-refractivity contribution in [3.05, 3.63) is 60.0 Å². The van der Waals surface area contributed by atoms with E-state index in [0.717, 1.165) is 28.8 Å². The van der Waals surface area contributed by atoms with Gasteiger partial charge in [0, 0.05) is 24.2 Å². The van der Waals surface area contributed by atoms with Gasteiger partial charge in [0.05, 0.1) is 13.2 Å². The van der Waals surface area contributed by atoms with Crippen LogP contribution in [0.25, 0.3) is 11.0 Å². The molecule has 0 radical (unpaired) electrons. The molecule has 0 aliphatic carbocycles. The molecule has 0 fully saturated rings. The topological polar surface area (TPSA) is 47.3 Å². The van der Waals surface area contributed by atoms with Crippen LogP contribution in [0, 0.1) is 0 Å². The first-order chi connectivity index (χ1) is 10.3.